The molecule has 21 heavy (non-hydrogen) atoms. The van der Waals surface area contributed by atoms with E-state index >= 15 is 0 Å². The number of fused-ring (bicyclic) bond motifs is 1. The zero-order valence-corrected chi connectivity index (χ0v) is 13.5. The van der Waals surface area contributed by atoms with Crippen LogP contribution in [0.2, 0.25) is 0 Å². The number of halogens is 1. The zero-order chi connectivity index (χ0) is 14.7. The lowest BCUT2D eigenvalue weighted by molar-refractivity contribution is 1.61. The molecule has 0 aromatic heterocycles. The molecule has 2 N–H and O–H groups in total. The molecule has 2 nitrogen and oxygen atoms in total. The van der Waals surface area contributed by atoms with Gasteiger partial charge in [-0.25, -0.2) is 0 Å². The van der Waals surface area contributed by atoms with Gasteiger partial charge in [-0.3, -0.25) is 0 Å². The highest BCUT2D eigenvalue weighted by Crippen LogP contribution is 2.30. The van der Waals surface area contributed by atoms with Crippen molar-refractivity contribution in [1.82, 2.24) is 0 Å². The molecule has 0 amide bonds. The number of hydrogen-bond acceptors (Lipinski definition) is 1. The van der Waals surface area contributed by atoms with E-state index in [-0.39, 0.29) is 0 Å². The molecule has 3 aromatic rings. The van der Waals surface area contributed by atoms with Crippen LogP contribution in [-0.4, -0.2) is 5.11 Å². The number of para-hydroxylation sites is 1. The topological polar surface area (TPSA) is 24.1 Å². The molecule has 0 atom stereocenters. The van der Waals surface area contributed by atoms with Crippen molar-refractivity contribution < 1.29 is 0 Å². The predicted molar refractivity (Wildman–Crippen MR) is 97.9 cm³/mol. The second kappa shape index (κ2) is 6.24. The Morgan fingerprint density at radius 2 is 1.43 bits per heavy atom. The highest BCUT2D eigenvalue weighted by Gasteiger charge is 2.05. The normalized spacial score (nSPS) is 10.3. The van der Waals surface area contributed by atoms with Crippen molar-refractivity contribution in [3.05, 3.63) is 71.2 Å². The predicted octanol–water partition coefficient (Wildman–Crippen LogP) is 5.41. The minimum Gasteiger partial charge on any atom is -0.332 e. The first-order chi connectivity index (χ1) is 10.2. The van der Waals surface area contributed by atoms with Crippen LogP contribution in [-0.2, 0) is 0 Å². The summed E-state index contributed by atoms with van der Waals surface area (Å²) in [7, 11) is 0. The first-order valence-electron chi connectivity index (χ1n) is 6.54. The minimum absolute atomic E-state index is 0.577. The van der Waals surface area contributed by atoms with Crippen molar-refractivity contribution in [2.45, 2.75) is 0 Å². The SMILES string of the molecule is S=C(Nc1ccccc1)Nc1ccc(Br)c2ccccc12. The summed E-state index contributed by atoms with van der Waals surface area (Å²) in [6.07, 6.45) is 0. The summed E-state index contributed by atoms with van der Waals surface area (Å²) in [6, 6.07) is 22.1. The average molecular weight is 357 g/mol. The van der Waals surface area contributed by atoms with Crippen LogP contribution >= 0.6 is 28.1 Å². The number of benzene rings is 3. The molecule has 0 spiro atoms. The number of hydrogen-bond donors (Lipinski definition) is 2. The van der Waals surface area contributed by atoms with Gasteiger partial charge in [0, 0.05) is 21.2 Å². The largest absolute Gasteiger partial charge is 0.332 e. The number of rotatable bonds is 2. The van der Waals surface area contributed by atoms with Crippen LogP contribution in [0.15, 0.2) is 71.2 Å². The van der Waals surface area contributed by atoms with E-state index in [9.17, 15) is 0 Å². The van der Waals surface area contributed by atoms with Crippen molar-refractivity contribution in [1.29, 1.82) is 0 Å². The molecule has 0 aliphatic rings. The summed E-state index contributed by atoms with van der Waals surface area (Å²) >= 11 is 8.95. The monoisotopic (exact) mass is 356 g/mol. The van der Waals surface area contributed by atoms with Crippen LogP contribution in [0, 0.1) is 0 Å². The second-order valence-corrected chi connectivity index (χ2v) is 5.85. The van der Waals surface area contributed by atoms with Gasteiger partial charge in [0.05, 0.1) is 0 Å². The fourth-order valence-electron chi connectivity index (χ4n) is 2.18. The van der Waals surface area contributed by atoms with Gasteiger partial charge in [-0.05, 0) is 41.9 Å². The summed E-state index contributed by atoms with van der Waals surface area (Å²) in [4.78, 5) is 0. The van der Waals surface area contributed by atoms with Gasteiger partial charge < -0.3 is 10.6 Å². The molecular formula is C17H13BrN2S. The Kier molecular flexibility index (Phi) is 4.18. The van der Waals surface area contributed by atoms with Crippen LogP contribution in [0.25, 0.3) is 10.8 Å². The van der Waals surface area contributed by atoms with E-state index in [1.165, 1.54) is 0 Å². The maximum atomic E-state index is 5.38. The Labute approximate surface area is 137 Å². The molecule has 3 aromatic carbocycles. The van der Waals surface area contributed by atoms with Crippen molar-refractivity contribution in [2.24, 2.45) is 0 Å². The molecule has 0 aliphatic carbocycles. The maximum Gasteiger partial charge on any atom is 0.175 e. The summed E-state index contributed by atoms with van der Waals surface area (Å²) in [5.74, 6) is 0. The fourth-order valence-corrected chi connectivity index (χ4v) is 2.88. The molecule has 0 unspecified atom stereocenters. The van der Waals surface area contributed by atoms with Gasteiger partial charge in [0.1, 0.15) is 0 Å². The fraction of sp³-hybridized carbons (Fsp3) is 0. The van der Waals surface area contributed by atoms with E-state index in [1.54, 1.807) is 0 Å². The Morgan fingerprint density at radius 1 is 0.762 bits per heavy atom. The van der Waals surface area contributed by atoms with E-state index in [0.29, 0.717) is 5.11 Å². The lowest BCUT2D eigenvalue weighted by atomic mass is 10.1. The van der Waals surface area contributed by atoms with E-state index in [4.69, 9.17) is 12.2 Å². The molecule has 0 saturated heterocycles. The van der Waals surface area contributed by atoms with Gasteiger partial charge in [-0.1, -0.05) is 58.4 Å². The second-order valence-electron chi connectivity index (χ2n) is 4.59. The molecule has 0 bridgehead atoms. The highest BCUT2D eigenvalue weighted by atomic mass is 79.9. The van der Waals surface area contributed by atoms with Gasteiger partial charge in [-0.2, -0.15) is 0 Å². The van der Waals surface area contributed by atoms with E-state index < -0.39 is 0 Å². The molecule has 0 aliphatic heterocycles. The first kappa shape index (κ1) is 14.0. The van der Waals surface area contributed by atoms with Crippen LogP contribution in [0.3, 0.4) is 0 Å². The van der Waals surface area contributed by atoms with Crippen molar-refractivity contribution in [2.75, 3.05) is 10.6 Å². The van der Waals surface area contributed by atoms with Crippen molar-refractivity contribution in [3.63, 3.8) is 0 Å². The third kappa shape index (κ3) is 3.23. The highest BCUT2D eigenvalue weighted by molar-refractivity contribution is 9.10. The third-order valence-corrected chi connectivity index (χ3v) is 4.05. The number of anilines is 2. The van der Waals surface area contributed by atoms with Gasteiger partial charge in [-0.15, -0.1) is 0 Å². The molecule has 3 rings (SSSR count). The molecule has 0 heterocycles. The van der Waals surface area contributed by atoms with E-state index in [2.05, 4.69) is 38.7 Å². The maximum absolute atomic E-state index is 5.38. The summed E-state index contributed by atoms with van der Waals surface area (Å²) in [6.45, 7) is 0. The van der Waals surface area contributed by atoms with Gasteiger partial charge in [0.2, 0.25) is 0 Å². The third-order valence-electron chi connectivity index (χ3n) is 3.15. The van der Waals surface area contributed by atoms with Crippen molar-refractivity contribution >= 4 is 55.4 Å². The number of nitrogens with one attached hydrogen (secondary N) is 2. The lowest BCUT2D eigenvalue weighted by Gasteiger charge is -2.13. The van der Waals surface area contributed by atoms with E-state index in [0.717, 1.165) is 26.6 Å². The van der Waals surface area contributed by atoms with Crippen LogP contribution in [0.5, 0.6) is 0 Å². The Hall–Kier alpha value is -1.91. The molecule has 0 saturated carbocycles. The van der Waals surface area contributed by atoms with Crippen LogP contribution in [0.4, 0.5) is 11.4 Å². The van der Waals surface area contributed by atoms with E-state index in [1.807, 2.05) is 54.6 Å². The van der Waals surface area contributed by atoms with Gasteiger partial charge in [0.25, 0.3) is 0 Å². The van der Waals surface area contributed by atoms with Crippen molar-refractivity contribution in [3.8, 4) is 0 Å². The summed E-state index contributed by atoms with van der Waals surface area (Å²) in [5.41, 5.74) is 1.96. The summed E-state index contributed by atoms with van der Waals surface area (Å²) < 4.78 is 1.07. The summed E-state index contributed by atoms with van der Waals surface area (Å²) in [5, 5.41) is 9.30. The molecule has 4 heteroatoms. The molecular weight excluding hydrogens is 344 g/mol. The standard InChI is InChI=1S/C17H13BrN2S/c18-15-10-11-16(14-9-5-4-8-13(14)15)20-17(21)19-12-6-2-1-3-7-12/h1-11H,(H2,19,20,21). The smallest absolute Gasteiger partial charge is 0.175 e. The molecule has 0 radical (unpaired) electrons. The lowest BCUT2D eigenvalue weighted by Crippen LogP contribution is -2.19. The van der Waals surface area contributed by atoms with Gasteiger partial charge >= 0.3 is 0 Å². The molecule has 104 valence electrons. The Bertz CT molecular complexity index is 787. The van der Waals surface area contributed by atoms with Crippen LogP contribution in [0.1, 0.15) is 0 Å². The average Bonchev–Trinajstić information content (AvgIpc) is 2.51. The first-order valence-corrected chi connectivity index (χ1v) is 7.74. The quantitative estimate of drug-likeness (QED) is 0.600. The minimum atomic E-state index is 0.577. The van der Waals surface area contributed by atoms with Gasteiger partial charge in [0.15, 0.2) is 5.11 Å². The Balaban J connectivity index is 1.85. The zero-order valence-electron chi connectivity index (χ0n) is 11.1. The Morgan fingerprint density at radius 3 is 2.19 bits per heavy atom. The number of thiocarbonyl (C=S) groups is 1. The van der Waals surface area contributed by atoms with Crippen LogP contribution < -0.4 is 10.6 Å². The molecule has 0 fully saturated rings.